The van der Waals surface area contributed by atoms with Gasteiger partial charge in [0.1, 0.15) is 5.82 Å². The van der Waals surface area contributed by atoms with Crippen LogP contribution < -0.4 is 0 Å². The molecular formula is C19H17F4NO. The Kier molecular flexibility index (Phi) is 4.54. The van der Waals surface area contributed by atoms with Gasteiger partial charge in [-0.15, -0.1) is 0 Å². The Morgan fingerprint density at radius 1 is 1.12 bits per heavy atom. The first-order valence-corrected chi connectivity index (χ1v) is 7.93. The molecule has 2 atom stereocenters. The molecule has 1 saturated carbocycles. The topological polar surface area (TPSA) is 20.3 Å². The van der Waals surface area contributed by atoms with Crippen molar-refractivity contribution in [1.82, 2.24) is 4.90 Å². The Morgan fingerprint density at radius 2 is 1.76 bits per heavy atom. The highest BCUT2D eigenvalue weighted by Gasteiger charge is 2.46. The van der Waals surface area contributed by atoms with Crippen LogP contribution in [0.3, 0.4) is 0 Å². The third-order valence-corrected chi connectivity index (χ3v) is 4.52. The number of alkyl halides is 3. The molecule has 1 fully saturated rings. The molecule has 3 rings (SSSR count). The maximum absolute atomic E-state index is 13.8. The number of rotatable bonds is 4. The summed E-state index contributed by atoms with van der Waals surface area (Å²) < 4.78 is 53.0. The van der Waals surface area contributed by atoms with E-state index in [-0.39, 0.29) is 35.7 Å². The molecule has 132 valence electrons. The maximum Gasteiger partial charge on any atom is 0.416 e. The molecular weight excluding hydrogens is 334 g/mol. The molecule has 0 heterocycles. The van der Waals surface area contributed by atoms with Crippen molar-refractivity contribution in [2.45, 2.75) is 25.1 Å². The van der Waals surface area contributed by atoms with Crippen LogP contribution in [0.1, 0.15) is 29.0 Å². The van der Waals surface area contributed by atoms with Gasteiger partial charge >= 0.3 is 6.18 Å². The van der Waals surface area contributed by atoms with Gasteiger partial charge in [-0.25, -0.2) is 4.39 Å². The Balaban J connectivity index is 1.70. The molecule has 0 unspecified atom stereocenters. The van der Waals surface area contributed by atoms with Crippen molar-refractivity contribution in [1.29, 1.82) is 0 Å². The van der Waals surface area contributed by atoms with Gasteiger partial charge < -0.3 is 4.90 Å². The molecule has 2 aromatic rings. The molecule has 0 saturated heterocycles. The Morgan fingerprint density at radius 3 is 2.44 bits per heavy atom. The van der Waals surface area contributed by atoms with E-state index in [0.29, 0.717) is 12.0 Å². The predicted molar refractivity (Wildman–Crippen MR) is 85.2 cm³/mol. The summed E-state index contributed by atoms with van der Waals surface area (Å²) in [5.74, 6) is -1.19. The van der Waals surface area contributed by atoms with Gasteiger partial charge in [-0.3, -0.25) is 4.79 Å². The van der Waals surface area contributed by atoms with Crippen molar-refractivity contribution in [2.24, 2.45) is 5.92 Å². The molecule has 0 aromatic heterocycles. The van der Waals surface area contributed by atoms with Gasteiger partial charge in [0.2, 0.25) is 5.91 Å². The van der Waals surface area contributed by atoms with Gasteiger partial charge in [0.05, 0.1) is 5.56 Å². The van der Waals surface area contributed by atoms with Crippen molar-refractivity contribution >= 4 is 5.91 Å². The molecule has 2 nitrogen and oxygen atoms in total. The van der Waals surface area contributed by atoms with E-state index in [2.05, 4.69) is 0 Å². The van der Waals surface area contributed by atoms with Crippen LogP contribution >= 0.6 is 0 Å². The Bertz CT molecular complexity index is 787. The molecule has 0 radical (unpaired) electrons. The zero-order valence-corrected chi connectivity index (χ0v) is 13.6. The third-order valence-electron chi connectivity index (χ3n) is 4.52. The molecule has 2 aromatic carbocycles. The van der Waals surface area contributed by atoms with Crippen LogP contribution in [0.2, 0.25) is 0 Å². The summed E-state index contributed by atoms with van der Waals surface area (Å²) in [4.78, 5) is 13.8. The smallest absolute Gasteiger partial charge is 0.341 e. The quantitative estimate of drug-likeness (QED) is 0.737. The minimum Gasteiger partial charge on any atom is -0.341 e. The first-order valence-electron chi connectivity index (χ1n) is 7.93. The summed E-state index contributed by atoms with van der Waals surface area (Å²) in [5, 5.41) is 0. The van der Waals surface area contributed by atoms with Crippen LogP contribution in [-0.2, 0) is 17.5 Å². The zero-order chi connectivity index (χ0) is 18.2. The van der Waals surface area contributed by atoms with Gasteiger partial charge in [0.25, 0.3) is 0 Å². The van der Waals surface area contributed by atoms with Gasteiger partial charge in [-0.2, -0.15) is 13.2 Å². The number of hydrogen-bond donors (Lipinski definition) is 0. The predicted octanol–water partition coefficient (Wildman–Crippen LogP) is 4.61. The first kappa shape index (κ1) is 17.5. The fourth-order valence-electron chi connectivity index (χ4n) is 3.14. The fourth-order valence-corrected chi connectivity index (χ4v) is 3.14. The van der Waals surface area contributed by atoms with E-state index in [1.54, 1.807) is 18.2 Å². The van der Waals surface area contributed by atoms with E-state index in [1.165, 1.54) is 36.2 Å². The van der Waals surface area contributed by atoms with Crippen LogP contribution in [0.4, 0.5) is 17.6 Å². The molecule has 1 amide bonds. The van der Waals surface area contributed by atoms with Crippen molar-refractivity contribution in [3.63, 3.8) is 0 Å². The van der Waals surface area contributed by atoms with Gasteiger partial charge in [-0.05, 0) is 35.6 Å². The number of hydrogen-bond acceptors (Lipinski definition) is 1. The molecule has 6 heteroatoms. The normalized spacial score (nSPS) is 19.6. The maximum atomic E-state index is 13.8. The molecule has 0 bridgehead atoms. The summed E-state index contributed by atoms with van der Waals surface area (Å²) in [7, 11) is 1.48. The van der Waals surface area contributed by atoms with Crippen molar-refractivity contribution < 1.29 is 22.4 Å². The Hall–Kier alpha value is -2.37. The molecule has 0 spiro atoms. The first-order chi connectivity index (χ1) is 11.8. The molecule has 0 N–H and O–H groups in total. The average Bonchev–Trinajstić information content (AvgIpc) is 3.34. The van der Waals surface area contributed by atoms with Crippen LogP contribution in [0.5, 0.6) is 0 Å². The van der Waals surface area contributed by atoms with Crippen molar-refractivity contribution in [3.8, 4) is 0 Å². The summed E-state index contributed by atoms with van der Waals surface area (Å²) in [6.07, 6.45) is -3.94. The van der Waals surface area contributed by atoms with E-state index in [0.717, 1.165) is 6.07 Å². The van der Waals surface area contributed by atoms with E-state index in [1.807, 2.05) is 0 Å². The number of nitrogens with zero attached hydrogens (tertiary/aromatic N) is 1. The summed E-state index contributed by atoms with van der Waals surface area (Å²) >= 11 is 0. The average molecular weight is 351 g/mol. The highest BCUT2D eigenvalue weighted by Crippen LogP contribution is 2.49. The fraction of sp³-hybridized carbons (Fsp3) is 0.316. The molecule has 1 aliphatic carbocycles. The lowest BCUT2D eigenvalue weighted by molar-refractivity contribution is -0.139. The van der Waals surface area contributed by atoms with Gasteiger partial charge in [-0.1, -0.05) is 36.4 Å². The van der Waals surface area contributed by atoms with Crippen LogP contribution in [0.25, 0.3) is 0 Å². The monoisotopic (exact) mass is 351 g/mol. The molecule has 1 aliphatic rings. The molecule has 25 heavy (non-hydrogen) atoms. The number of benzene rings is 2. The van der Waals surface area contributed by atoms with Gasteiger partial charge in [0.15, 0.2) is 0 Å². The SMILES string of the molecule is CN(Cc1ccccc1C(F)(F)F)C(=O)[C@@H]1C[C@@H]1c1ccccc1F. The van der Waals surface area contributed by atoms with Gasteiger partial charge in [0, 0.05) is 19.5 Å². The summed E-state index contributed by atoms with van der Waals surface area (Å²) in [5.41, 5.74) is -0.199. The number of carbonyl (C=O) groups excluding carboxylic acids is 1. The minimum absolute atomic E-state index is 0.0499. The van der Waals surface area contributed by atoms with Crippen molar-refractivity contribution in [3.05, 3.63) is 71.0 Å². The molecule has 0 aliphatic heterocycles. The highest BCUT2D eigenvalue weighted by molar-refractivity contribution is 5.82. The standard InChI is InChI=1S/C19H17F4NO/c1-24(11-12-6-2-4-8-16(12)19(21,22)23)18(25)15-10-14(15)13-7-3-5-9-17(13)20/h2-9,14-15H,10-11H2,1H3/t14-,15-/m1/s1. The van der Waals surface area contributed by atoms with E-state index < -0.39 is 11.7 Å². The van der Waals surface area contributed by atoms with Crippen LogP contribution in [0, 0.1) is 11.7 Å². The van der Waals surface area contributed by atoms with E-state index >= 15 is 0 Å². The summed E-state index contributed by atoms with van der Waals surface area (Å²) in [6.45, 7) is -0.130. The largest absolute Gasteiger partial charge is 0.416 e. The van der Waals surface area contributed by atoms with Crippen LogP contribution in [-0.4, -0.2) is 17.9 Å². The second kappa shape index (κ2) is 6.50. The Labute approximate surface area is 143 Å². The van der Waals surface area contributed by atoms with E-state index in [9.17, 15) is 22.4 Å². The third kappa shape index (κ3) is 3.67. The van der Waals surface area contributed by atoms with Crippen molar-refractivity contribution in [2.75, 3.05) is 7.05 Å². The second-order valence-electron chi connectivity index (χ2n) is 6.32. The number of amides is 1. The highest BCUT2D eigenvalue weighted by atomic mass is 19.4. The lowest BCUT2D eigenvalue weighted by Crippen LogP contribution is -2.29. The van der Waals surface area contributed by atoms with E-state index in [4.69, 9.17) is 0 Å². The zero-order valence-electron chi connectivity index (χ0n) is 13.6. The number of carbonyl (C=O) groups is 1. The number of halogens is 4. The lowest BCUT2D eigenvalue weighted by atomic mass is 10.1. The lowest BCUT2D eigenvalue weighted by Gasteiger charge is -2.20. The van der Waals surface area contributed by atoms with Crippen LogP contribution in [0.15, 0.2) is 48.5 Å². The minimum atomic E-state index is -4.46. The summed E-state index contributed by atoms with van der Waals surface area (Å²) in [6, 6.07) is 11.5. The second-order valence-corrected chi connectivity index (χ2v) is 6.32.